The summed E-state index contributed by atoms with van der Waals surface area (Å²) in [5.74, 6) is 2.87. The fourth-order valence-electron chi connectivity index (χ4n) is 5.24. The van der Waals surface area contributed by atoms with Crippen LogP contribution in [0.5, 0.6) is 0 Å². The molecule has 3 aromatic carbocycles. The third kappa shape index (κ3) is 4.91. The van der Waals surface area contributed by atoms with E-state index in [2.05, 4.69) is 62.0 Å². The molecule has 0 aliphatic carbocycles. The minimum Gasteiger partial charge on any atom is -0.395 e. The largest absolute Gasteiger partial charge is 0.395 e. The number of aliphatic hydroxyl groups excluding tert-OH is 1. The zero-order chi connectivity index (χ0) is 27.6. The standard InChI is InChI=1S/C31H34N8O/c1-35-26-13-7-4-10-23(26)32-29(35)20-38(18-19-40)16-17-39(21-30-33-24-11-5-8-14-27(24)36(30)2)22-31-34-25-12-6-9-15-28(25)37(31)3/h4-17,40H,18-22H2,1-3H3/b17-16+. The maximum Gasteiger partial charge on any atom is 0.129 e. The number of aromatic nitrogens is 6. The molecule has 0 radical (unpaired) electrons. The molecule has 0 aliphatic heterocycles. The van der Waals surface area contributed by atoms with Crippen molar-refractivity contribution in [3.8, 4) is 0 Å². The third-order valence-corrected chi connectivity index (χ3v) is 7.55. The number of aryl methyl sites for hydroxylation is 3. The van der Waals surface area contributed by atoms with Gasteiger partial charge in [0.15, 0.2) is 0 Å². The van der Waals surface area contributed by atoms with Crippen LogP contribution in [0.1, 0.15) is 17.5 Å². The molecule has 1 N–H and O–H groups in total. The molecule has 3 aromatic heterocycles. The van der Waals surface area contributed by atoms with Crippen molar-refractivity contribution in [2.24, 2.45) is 21.1 Å². The average Bonchev–Trinajstić information content (AvgIpc) is 3.58. The first-order valence-corrected chi connectivity index (χ1v) is 13.5. The van der Waals surface area contributed by atoms with Gasteiger partial charge in [-0.15, -0.1) is 0 Å². The van der Waals surface area contributed by atoms with Crippen molar-refractivity contribution in [2.75, 3.05) is 13.2 Å². The monoisotopic (exact) mass is 534 g/mol. The Kier molecular flexibility index (Phi) is 6.96. The predicted molar refractivity (Wildman–Crippen MR) is 158 cm³/mol. The zero-order valence-electron chi connectivity index (χ0n) is 23.1. The third-order valence-electron chi connectivity index (χ3n) is 7.55. The lowest BCUT2D eigenvalue weighted by molar-refractivity contribution is 0.226. The summed E-state index contributed by atoms with van der Waals surface area (Å²) < 4.78 is 6.41. The highest BCUT2D eigenvalue weighted by Gasteiger charge is 2.15. The molecule has 0 saturated carbocycles. The fourth-order valence-corrected chi connectivity index (χ4v) is 5.24. The number of benzene rings is 3. The Hall–Kier alpha value is -4.63. The average molecular weight is 535 g/mol. The van der Waals surface area contributed by atoms with Crippen molar-refractivity contribution in [3.05, 3.63) is 103 Å². The Labute approximate surface area is 233 Å². The molecule has 6 aromatic rings. The van der Waals surface area contributed by atoms with Gasteiger partial charge in [0.25, 0.3) is 0 Å². The highest BCUT2D eigenvalue weighted by Crippen LogP contribution is 2.20. The minimum absolute atomic E-state index is 0.0454. The van der Waals surface area contributed by atoms with Gasteiger partial charge in [-0.1, -0.05) is 36.4 Å². The SMILES string of the molecule is Cn1c(CN(/C=C/N(Cc2nc3ccccc3n2C)Cc2nc3ccccc3n2C)CCO)nc2ccccc21. The van der Waals surface area contributed by atoms with Crippen LogP contribution in [0.2, 0.25) is 0 Å². The van der Waals surface area contributed by atoms with E-state index in [1.165, 1.54) is 0 Å². The summed E-state index contributed by atoms with van der Waals surface area (Å²) in [6.45, 7) is 2.32. The van der Waals surface area contributed by atoms with Crippen molar-refractivity contribution in [3.63, 3.8) is 0 Å². The first kappa shape index (κ1) is 25.6. The smallest absolute Gasteiger partial charge is 0.129 e. The van der Waals surface area contributed by atoms with Crippen LogP contribution in [-0.2, 0) is 40.8 Å². The van der Waals surface area contributed by atoms with E-state index in [1.807, 2.05) is 67.8 Å². The topological polar surface area (TPSA) is 80.2 Å². The quantitative estimate of drug-likeness (QED) is 0.282. The van der Waals surface area contributed by atoms with E-state index in [4.69, 9.17) is 15.0 Å². The van der Waals surface area contributed by atoms with Gasteiger partial charge in [0.2, 0.25) is 0 Å². The molecule has 0 unspecified atom stereocenters. The van der Waals surface area contributed by atoms with Crippen LogP contribution < -0.4 is 0 Å². The number of nitrogens with zero attached hydrogens (tertiary/aromatic N) is 8. The molecule has 0 amide bonds. The number of imidazole rings is 3. The molecule has 204 valence electrons. The van der Waals surface area contributed by atoms with E-state index in [9.17, 15) is 5.11 Å². The Morgan fingerprint density at radius 2 is 0.925 bits per heavy atom. The molecule has 9 heteroatoms. The van der Waals surface area contributed by atoms with Gasteiger partial charge >= 0.3 is 0 Å². The van der Waals surface area contributed by atoms with E-state index >= 15 is 0 Å². The molecule has 0 aliphatic rings. The molecule has 40 heavy (non-hydrogen) atoms. The van der Waals surface area contributed by atoms with Gasteiger partial charge in [-0.2, -0.15) is 0 Å². The molecule has 0 saturated heterocycles. The normalized spacial score (nSPS) is 11.9. The van der Waals surface area contributed by atoms with Gasteiger partial charge in [-0.05, 0) is 36.4 Å². The maximum absolute atomic E-state index is 9.85. The maximum atomic E-state index is 9.85. The molecule has 3 heterocycles. The van der Waals surface area contributed by atoms with Gasteiger partial charge in [-0.3, -0.25) is 0 Å². The first-order valence-electron chi connectivity index (χ1n) is 13.5. The predicted octanol–water partition coefficient (Wildman–Crippen LogP) is 4.31. The highest BCUT2D eigenvalue weighted by atomic mass is 16.3. The summed E-state index contributed by atoms with van der Waals surface area (Å²) in [6, 6.07) is 24.5. The van der Waals surface area contributed by atoms with Crippen LogP contribution >= 0.6 is 0 Å². The summed E-state index contributed by atoms with van der Waals surface area (Å²) >= 11 is 0. The van der Waals surface area contributed by atoms with Crippen LogP contribution in [0.15, 0.2) is 85.2 Å². The Morgan fingerprint density at radius 3 is 1.30 bits per heavy atom. The molecule has 6 rings (SSSR count). The summed E-state index contributed by atoms with van der Waals surface area (Å²) in [6.07, 6.45) is 4.12. The second-order valence-corrected chi connectivity index (χ2v) is 10.1. The van der Waals surface area contributed by atoms with Crippen molar-refractivity contribution in [1.82, 2.24) is 38.5 Å². The van der Waals surface area contributed by atoms with Crippen LogP contribution in [0, 0.1) is 0 Å². The number of para-hydroxylation sites is 6. The summed E-state index contributed by atoms with van der Waals surface area (Å²) in [5.41, 5.74) is 6.24. The van der Waals surface area contributed by atoms with Gasteiger partial charge < -0.3 is 28.6 Å². The molecular formula is C31H34N8O. The van der Waals surface area contributed by atoms with Crippen molar-refractivity contribution < 1.29 is 5.11 Å². The zero-order valence-corrected chi connectivity index (χ0v) is 23.1. The fraction of sp³-hybridized carbons (Fsp3) is 0.258. The van der Waals surface area contributed by atoms with Gasteiger partial charge in [0.1, 0.15) is 17.5 Å². The van der Waals surface area contributed by atoms with Gasteiger partial charge in [0.05, 0.1) is 59.3 Å². The second-order valence-electron chi connectivity index (χ2n) is 10.1. The van der Waals surface area contributed by atoms with E-state index in [0.29, 0.717) is 26.2 Å². The molecule has 9 nitrogen and oxygen atoms in total. The number of fused-ring (bicyclic) bond motifs is 3. The summed E-state index contributed by atoms with van der Waals surface area (Å²) in [7, 11) is 6.16. The van der Waals surface area contributed by atoms with E-state index < -0.39 is 0 Å². The molecule has 0 bridgehead atoms. The number of aliphatic hydroxyl groups is 1. The Bertz CT molecular complexity index is 1730. The molecule has 0 fully saturated rings. The van der Waals surface area contributed by atoms with Crippen LogP contribution in [-0.4, -0.2) is 56.7 Å². The van der Waals surface area contributed by atoms with E-state index in [0.717, 1.165) is 50.6 Å². The molecule has 0 atom stereocenters. The van der Waals surface area contributed by atoms with Gasteiger partial charge in [-0.25, -0.2) is 15.0 Å². The Balaban J connectivity index is 1.31. The van der Waals surface area contributed by atoms with Crippen LogP contribution in [0.25, 0.3) is 33.1 Å². The number of hydrogen-bond acceptors (Lipinski definition) is 6. The summed E-state index contributed by atoms with van der Waals surface area (Å²) in [4.78, 5) is 19.0. The van der Waals surface area contributed by atoms with Crippen molar-refractivity contribution in [2.45, 2.75) is 19.6 Å². The number of rotatable bonds is 10. The summed E-state index contributed by atoms with van der Waals surface area (Å²) in [5, 5.41) is 9.85. The Morgan fingerprint density at radius 1 is 0.575 bits per heavy atom. The van der Waals surface area contributed by atoms with Gasteiger partial charge in [0, 0.05) is 40.1 Å². The highest BCUT2D eigenvalue weighted by molar-refractivity contribution is 5.77. The minimum atomic E-state index is 0.0454. The molecule has 0 spiro atoms. The van der Waals surface area contributed by atoms with E-state index in [-0.39, 0.29) is 6.61 Å². The lowest BCUT2D eigenvalue weighted by atomic mass is 10.3. The lowest BCUT2D eigenvalue weighted by Crippen LogP contribution is -2.25. The first-order chi connectivity index (χ1) is 19.5. The lowest BCUT2D eigenvalue weighted by Gasteiger charge is -2.23. The van der Waals surface area contributed by atoms with E-state index in [1.54, 1.807) is 0 Å². The van der Waals surface area contributed by atoms with Crippen LogP contribution in [0.4, 0.5) is 0 Å². The van der Waals surface area contributed by atoms with Crippen molar-refractivity contribution >= 4 is 33.1 Å². The molecular weight excluding hydrogens is 500 g/mol. The van der Waals surface area contributed by atoms with Crippen molar-refractivity contribution in [1.29, 1.82) is 0 Å². The second kappa shape index (κ2) is 10.9. The number of hydrogen-bond donors (Lipinski definition) is 1. The van der Waals surface area contributed by atoms with Crippen LogP contribution in [0.3, 0.4) is 0 Å².